The van der Waals surface area contributed by atoms with Crippen LogP contribution >= 0.6 is 0 Å². The maximum atomic E-state index is 12.6. The Kier molecular flexibility index (Phi) is 6.24. The zero-order chi connectivity index (χ0) is 20.1. The summed E-state index contributed by atoms with van der Waals surface area (Å²) in [4.78, 5) is 18.6. The van der Waals surface area contributed by atoms with Gasteiger partial charge in [0.2, 0.25) is 5.91 Å². The Labute approximate surface area is 162 Å². The molecule has 6 nitrogen and oxygen atoms in total. The van der Waals surface area contributed by atoms with E-state index in [0.29, 0.717) is 41.8 Å². The molecule has 1 saturated heterocycles. The van der Waals surface area contributed by atoms with Gasteiger partial charge in [-0.15, -0.1) is 0 Å². The van der Waals surface area contributed by atoms with Crippen molar-refractivity contribution in [3.63, 3.8) is 0 Å². The van der Waals surface area contributed by atoms with E-state index >= 15 is 0 Å². The van der Waals surface area contributed by atoms with Crippen LogP contribution in [0.4, 0.5) is 14.5 Å². The van der Waals surface area contributed by atoms with Crippen LogP contribution in [0, 0.1) is 17.2 Å². The third-order valence-electron chi connectivity index (χ3n) is 4.81. The van der Waals surface area contributed by atoms with Crippen LogP contribution in [-0.4, -0.2) is 37.1 Å². The van der Waals surface area contributed by atoms with Crippen molar-refractivity contribution in [3.05, 3.63) is 30.0 Å². The maximum absolute atomic E-state index is 12.6. The van der Waals surface area contributed by atoms with Gasteiger partial charge in [0, 0.05) is 31.2 Å². The Balaban J connectivity index is 1.97. The molecule has 1 fully saturated rings. The summed E-state index contributed by atoms with van der Waals surface area (Å²) in [7, 11) is 0. The summed E-state index contributed by atoms with van der Waals surface area (Å²) in [5.74, 6) is -0.171. The Morgan fingerprint density at radius 3 is 3.04 bits per heavy atom. The van der Waals surface area contributed by atoms with Gasteiger partial charge >= 0.3 is 6.61 Å². The average molecular weight is 388 g/mol. The van der Waals surface area contributed by atoms with E-state index in [1.165, 1.54) is 18.3 Å². The first-order valence-corrected chi connectivity index (χ1v) is 9.33. The van der Waals surface area contributed by atoms with Gasteiger partial charge in [-0.3, -0.25) is 9.78 Å². The van der Waals surface area contributed by atoms with E-state index in [1.54, 1.807) is 6.07 Å². The standard InChI is InChI=1S/C20H22F2N4O2/c1-2-7-24-19(27)13-4-3-8-26(12-13)18-14(10-23)11-25-17-6-5-15(9-16(17)18)28-20(21)22/h5-6,9,11,13,20H,2-4,7-8,12H2,1H3,(H,24,27). The quantitative estimate of drug-likeness (QED) is 0.820. The topological polar surface area (TPSA) is 78.3 Å². The van der Waals surface area contributed by atoms with Crippen molar-refractivity contribution in [2.24, 2.45) is 5.92 Å². The monoisotopic (exact) mass is 388 g/mol. The number of nitrogens with zero attached hydrogens (tertiary/aromatic N) is 3. The van der Waals surface area contributed by atoms with Crippen molar-refractivity contribution < 1.29 is 18.3 Å². The van der Waals surface area contributed by atoms with E-state index in [9.17, 15) is 18.8 Å². The minimum absolute atomic E-state index is 0.00476. The van der Waals surface area contributed by atoms with Gasteiger partial charge in [0.25, 0.3) is 0 Å². The fraction of sp³-hybridized carbons (Fsp3) is 0.450. The van der Waals surface area contributed by atoms with E-state index in [0.717, 1.165) is 19.3 Å². The van der Waals surface area contributed by atoms with Crippen molar-refractivity contribution >= 4 is 22.5 Å². The van der Waals surface area contributed by atoms with Gasteiger partial charge in [0.15, 0.2) is 0 Å². The van der Waals surface area contributed by atoms with Gasteiger partial charge in [-0.1, -0.05) is 6.92 Å². The van der Waals surface area contributed by atoms with Crippen LogP contribution in [-0.2, 0) is 4.79 Å². The minimum atomic E-state index is -2.94. The number of benzene rings is 1. The number of hydrogen-bond acceptors (Lipinski definition) is 5. The molecule has 1 aromatic carbocycles. The maximum Gasteiger partial charge on any atom is 0.387 e. The molecule has 1 aliphatic heterocycles. The zero-order valence-electron chi connectivity index (χ0n) is 15.6. The molecule has 2 heterocycles. The smallest absolute Gasteiger partial charge is 0.387 e. The van der Waals surface area contributed by atoms with Crippen molar-refractivity contribution in [1.82, 2.24) is 10.3 Å². The fourth-order valence-electron chi connectivity index (χ4n) is 3.54. The van der Waals surface area contributed by atoms with E-state index in [-0.39, 0.29) is 17.6 Å². The van der Waals surface area contributed by atoms with E-state index in [1.807, 2.05) is 11.8 Å². The lowest BCUT2D eigenvalue weighted by atomic mass is 9.95. The second-order valence-corrected chi connectivity index (χ2v) is 6.77. The SMILES string of the molecule is CCCNC(=O)C1CCCN(c2c(C#N)cnc3ccc(OC(F)F)cc23)C1. The number of hydrogen-bond donors (Lipinski definition) is 1. The molecule has 0 bridgehead atoms. The highest BCUT2D eigenvalue weighted by Crippen LogP contribution is 2.34. The normalized spacial score (nSPS) is 16.8. The van der Waals surface area contributed by atoms with E-state index in [4.69, 9.17) is 0 Å². The molecule has 1 unspecified atom stereocenters. The van der Waals surface area contributed by atoms with Crippen LogP contribution in [0.1, 0.15) is 31.7 Å². The Hall–Kier alpha value is -2.95. The first-order chi connectivity index (χ1) is 13.5. The summed E-state index contributed by atoms with van der Waals surface area (Å²) in [5, 5.41) is 13.1. The summed E-state index contributed by atoms with van der Waals surface area (Å²) < 4.78 is 29.8. The number of carbonyl (C=O) groups excluding carboxylic acids is 1. The molecular formula is C20H22F2N4O2. The molecule has 0 spiro atoms. The highest BCUT2D eigenvalue weighted by molar-refractivity contribution is 5.95. The summed E-state index contributed by atoms with van der Waals surface area (Å²) in [6, 6.07) is 6.62. The molecule has 1 atom stereocenters. The van der Waals surface area contributed by atoms with Gasteiger partial charge in [-0.2, -0.15) is 14.0 Å². The number of halogens is 2. The first kappa shape index (κ1) is 19.8. The number of piperidine rings is 1. The predicted octanol–water partition coefficient (Wildman–Crippen LogP) is 3.45. The number of carbonyl (C=O) groups is 1. The van der Waals surface area contributed by atoms with Crippen molar-refractivity contribution in [3.8, 4) is 11.8 Å². The van der Waals surface area contributed by atoms with Gasteiger partial charge in [-0.05, 0) is 37.5 Å². The summed E-state index contributed by atoms with van der Waals surface area (Å²) in [6.07, 6.45) is 3.91. The van der Waals surface area contributed by atoms with Gasteiger partial charge in [-0.25, -0.2) is 0 Å². The fourth-order valence-corrected chi connectivity index (χ4v) is 3.54. The lowest BCUT2D eigenvalue weighted by Crippen LogP contribution is -2.43. The highest BCUT2D eigenvalue weighted by atomic mass is 19.3. The number of fused-ring (bicyclic) bond motifs is 1. The number of aromatic nitrogens is 1. The lowest BCUT2D eigenvalue weighted by molar-refractivity contribution is -0.125. The molecule has 1 N–H and O–H groups in total. The molecule has 1 amide bonds. The highest BCUT2D eigenvalue weighted by Gasteiger charge is 2.28. The summed E-state index contributed by atoms with van der Waals surface area (Å²) in [6.45, 7) is 0.823. The lowest BCUT2D eigenvalue weighted by Gasteiger charge is -2.34. The second kappa shape index (κ2) is 8.83. The Bertz CT molecular complexity index is 898. The molecule has 8 heteroatoms. The number of alkyl halides is 2. The number of ether oxygens (including phenoxy) is 1. The third-order valence-corrected chi connectivity index (χ3v) is 4.81. The average Bonchev–Trinajstić information content (AvgIpc) is 2.70. The molecule has 1 aromatic heterocycles. The number of rotatable bonds is 6. The number of amides is 1. The van der Waals surface area contributed by atoms with Gasteiger partial charge < -0.3 is 15.0 Å². The van der Waals surface area contributed by atoms with Gasteiger partial charge in [0.05, 0.1) is 22.7 Å². The minimum Gasteiger partial charge on any atom is -0.435 e. The van der Waals surface area contributed by atoms with Crippen molar-refractivity contribution in [2.75, 3.05) is 24.5 Å². The van der Waals surface area contributed by atoms with Crippen LogP contribution in [0.3, 0.4) is 0 Å². The largest absolute Gasteiger partial charge is 0.435 e. The second-order valence-electron chi connectivity index (χ2n) is 6.77. The Morgan fingerprint density at radius 2 is 2.32 bits per heavy atom. The van der Waals surface area contributed by atoms with Crippen LogP contribution in [0.2, 0.25) is 0 Å². The molecule has 2 aromatic rings. The molecule has 148 valence electrons. The number of nitrogens with one attached hydrogen (secondary N) is 1. The predicted molar refractivity (Wildman–Crippen MR) is 101 cm³/mol. The number of anilines is 1. The third kappa shape index (κ3) is 4.30. The molecule has 0 radical (unpaired) electrons. The van der Waals surface area contributed by atoms with E-state index in [2.05, 4.69) is 21.1 Å². The Morgan fingerprint density at radius 1 is 1.50 bits per heavy atom. The molecular weight excluding hydrogens is 366 g/mol. The van der Waals surface area contributed by atoms with Crippen LogP contribution in [0.25, 0.3) is 10.9 Å². The summed E-state index contributed by atoms with van der Waals surface area (Å²) in [5.41, 5.74) is 1.53. The molecule has 1 aliphatic rings. The van der Waals surface area contributed by atoms with E-state index < -0.39 is 6.61 Å². The molecule has 0 aliphatic carbocycles. The van der Waals surface area contributed by atoms with Crippen molar-refractivity contribution in [1.29, 1.82) is 5.26 Å². The zero-order valence-corrected chi connectivity index (χ0v) is 15.6. The first-order valence-electron chi connectivity index (χ1n) is 9.33. The molecule has 28 heavy (non-hydrogen) atoms. The molecule has 3 rings (SSSR count). The van der Waals surface area contributed by atoms with Crippen LogP contribution in [0.5, 0.6) is 5.75 Å². The number of nitriles is 1. The number of pyridine rings is 1. The van der Waals surface area contributed by atoms with Gasteiger partial charge in [0.1, 0.15) is 11.8 Å². The molecule has 0 saturated carbocycles. The summed E-state index contributed by atoms with van der Waals surface area (Å²) >= 11 is 0. The van der Waals surface area contributed by atoms with Crippen LogP contribution < -0.4 is 15.0 Å². The van der Waals surface area contributed by atoms with Crippen molar-refractivity contribution in [2.45, 2.75) is 32.8 Å². The van der Waals surface area contributed by atoms with Crippen LogP contribution in [0.15, 0.2) is 24.4 Å².